The summed E-state index contributed by atoms with van der Waals surface area (Å²) in [6.45, 7) is 9.97. The molecule has 3 heterocycles. The van der Waals surface area contributed by atoms with Crippen LogP contribution in [0.4, 0.5) is 5.82 Å². The highest BCUT2D eigenvalue weighted by molar-refractivity contribution is 6.29. The van der Waals surface area contributed by atoms with E-state index < -0.39 is 0 Å². The van der Waals surface area contributed by atoms with Gasteiger partial charge in [-0.15, -0.1) is 10.2 Å². The van der Waals surface area contributed by atoms with Gasteiger partial charge >= 0.3 is 0 Å². The molecule has 0 bridgehead atoms. The quantitative estimate of drug-likeness (QED) is 0.798. The maximum Gasteiger partial charge on any atom is 0.155 e. The van der Waals surface area contributed by atoms with E-state index in [0.29, 0.717) is 16.9 Å². The molecule has 1 unspecified atom stereocenters. The van der Waals surface area contributed by atoms with E-state index in [1.165, 1.54) is 0 Å². The molecule has 3 rings (SSSR count). The SMILES string of the molecule is Cc1nc(Cl)cc(N2CCn3c(C(C)C)nnc3C2C)n1. The topological polar surface area (TPSA) is 59.7 Å². The second-order valence-corrected chi connectivity index (χ2v) is 6.08. The van der Waals surface area contributed by atoms with E-state index in [1.54, 1.807) is 6.07 Å². The van der Waals surface area contributed by atoms with Crippen LogP contribution in [0, 0.1) is 6.92 Å². The van der Waals surface area contributed by atoms with Crippen LogP contribution in [0.1, 0.15) is 50.2 Å². The standard InChI is InChI=1S/C14H19ClN6/c1-8(2)13-18-19-14-9(3)20(5-6-21(13)14)12-7-11(15)16-10(4)17-12/h7-9H,5-6H2,1-4H3. The molecule has 0 fully saturated rings. The molecule has 0 radical (unpaired) electrons. The molecule has 0 saturated heterocycles. The van der Waals surface area contributed by atoms with Gasteiger partial charge in [-0.2, -0.15) is 0 Å². The molecule has 6 nitrogen and oxygen atoms in total. The molecule has 0 aliphatic carbocycles. The van der Waals surface area contributed by atoms with Crippen molar-refractivity contribution in [3.05, 3.63) is 28.7 Å². The molecule has 0 amide bonds. The third-order valence-electron chi connectivity index (χ3n) is 3.82. The van der Waals surface area contributed by atoms with Gasteiger partial charge in [-0.3, -0.25) is 0 Å². The summed E-state index contributed by atoms with van der Waals surface area (Å²) in [5.41, 5.74) is 0. The van der Waals surface area contributed by atoms with Crippen LogP contribution in [-0.2, 0) is 6.54 Å². The maximum absolute atomic E-state index is 6.05. The fourth-order valence-electron chi connectivity index (χ4n) is 2.81. The largest absolute Gasteiger partial charge is 0.345 e. The molecule has 1 atom stereocenters. The van der Waals surface area contributed by atoms with Crippen molar-refractivity contribution in [1.82, 2.24) is 24.7 Å². The van der Waals surface area contributed by atoms with Crippen molar-refractivity contribution >= 4 is 17.4 Å². The fourth-order valence-corrected chi connectivity index (χ4v) is 3.03. The molecule has 7 heteroatoms. The van der Waals surface area contributed by atoms with Gasteiger partial charge in [0.25, 0.3) is 0 Å². The smallest absolute Gasteiger partial charge is 0.155 e. The average molecular weight is 307 g/mol. The first-order chi connectivity index (χ1) is 9.97. The third kappa shape index (κ3) is 2.48. The van der Waals surface area contributed by atoms with Crippen LogP contribution in [0.15, 0.2) is 6.07 Å². The number of fused-ring (bicyclic) bond motifs is 1. The number of anilines is 1. The summed E-state index contributed by atoms with van der Waals surface area (Å²) < 4.78 is 2.22. The van der Waals surface area contributed by atoms with Crippen LogP contribution >= 0.6 is 11.6 Å². The molecule has 2 aromatic heterocycles. The summed E-state index contributed by atoms with van der Waals surface area (Å²) >= 11 is 6.05. The molecule has 0 saturated carbocycles. The van der Waals surface area contributed by atoms with E-state index in [9.17, 15) is 0 Å². The number of nitrogens with zero attached hydrogens (tertiary/aromatic N) is 6. The Bertz CT molecular complexity index is 645. The second-order valence-electron chi connectivity index (χ2n) is 5.69. The van der Waals surface area contributed by atoms with Crippen LogP contribution in [0.5, 0.6) is 0 Å². The molecule has 1 aliphatic rings. The zero-order valence-electron chi connectivity index (χ0n) is 12.7. The Morgan fingerprint density at radius 1 is 1.24 bits per heavy atom. The summed E-state index contributed by atoms with van der Waals surface area (Å²) in [6.07, 6.45) is 0. The van der Waals surface area contributed by atoms with E-state index in [4.69, 9.17) is 11.6 Å². The average Bonchev–Trinajstić information content (AvgIpc) is 2.82. The minimum absolute atomic E-state index is 0.115. The highest BCUT2D eigenvalue weighted by atomic mass is 35.5. The maximum atomic E-state index is 6.05. The minimum atomic E-state index is 0.115. The number of aryl methyl sites for hydroxylation is 1. The van der Waals surface area contributed by atoms with Gasteiger partial charge in [0.2, 0.25) is 0 Å². The molecule has 112 valence electrons. The number of rotatable bonds is 2. The van der Waals surface area contributed by atoms with Gasteiger partial charge in [0.05, 0.1) is 6.04 Å². The highest BCUT2D eigenvalue weighted by Gasteiger charge is 2.29. The second kappa shape index (κ2) is 5.26. The molecular weight excluding hydrogens is 288 g/mol. The van der Waals surface area contributed by atoms with Gasteiger partial charge < -0.3 is 9.47 Å². The predicted octanol–water partition coefficient (Wildman–Crippen LogP) is 2.73. The van der Waals surface area contributed by atoms with E-state index in [0.717, 1.165) is 30.6 Å². The Labute approximate surface area is 129 Å². The van der Waals surface area contributed by atoms with Crippen molar-refractivity contribution in [2.75, 3.05) is 11.4 Å². The van der Waals surface area contributed by atoms with E-state index >= 15 is 0 Å². The lowest BCUT2D eigenvalue weighted by molar-refractivity contribution is 0.476. The summed E-state index contributed by atoms with van der Waals surface area (Å²) in [4.78, 5) is 10.8. The minimum Gasteiger partial charge on any atom is -0.345 e. The Kier molecular flexibility index (Phi) is 3.57. The van der Waals surface area contributed by atoms with Gasteiger partial charge in [0.1, 0.15) is 22.6 Å². The van der Waals surface area contributed by atoms with Crippen molar-refractivity contribution in [1.29, 1.82) is 0 Å². The zero-order valence-corrected chi connectivity index (χ0v) is 13.5. The Morgan fingerprint density at radius 3 is 2.67 bits per heavy atom. The normalized spacial score (nSPS) is 18.2. The Morgan fingerprint density at radius 2 is 2.00 bits per heavy atom. The Hall–Kier alpha value is -1.69. The molecule has 0 N–H and O–H groups in total. The van der Waals surface area contributed by atoms with Gasteiger partial charge in [0.15, 0.2) is 5.82 Å². The summed E-state index contributed by atoms with van der Waals surface area (Å²) in [7, 11) is 0. The summed E-state index contributed by atoms with van der Waals surface area (Å²) in [6, 6.07) is 1.92. The van der Waals surface area contributed by atoms with Crippen LogP contribution in [0.2, 0.25) is 5.15 Å². The molecule has 0 aromatic carbocycles. The monoisotopic (exact) mass is 306 g/mol. The highest BCUT2D eigenvalue weighted by Crippen LogP contribution is 2.30. The fraction of sp³-hybridized carbons (Fsp3) is 0.571. The zero-order chi connectivity index (χ0) is 15.1. The van der Waals surface area contributed by atoms with E-state index in [-0.39, 0.29) is 6.04 Å². The van der Waals surface area contributed by atoms with Crippen molar-refractivity contribution in [2.24, 2.45) is 0 Å². The molecule has 21 heavy (non-hydrogen) atoms. The predicted molar refractivity (Wildman–Crippen MR) is 81.7 cm³/mol. The summed E-state index contributed by atoms with van der Waals surface area (Å²) in [5.74, 6) is 3.94. The lowest BCUT2D eigenvalue weighted by Crippen LogP contribution is -2.38. The van der Waals surface area contributed by atoms with E-state index in [1.807, 2.05) is 6.92 Å². The van der Waals surface area contributed by atoms with Crippen LogP contribution < -0.4 is 4.90 Å². The third-order valence-corrected chi connectivity index (χ3v) is 4.01. The Balaban J connectivity index is 1.97. The van der Waals surface area contributed by atoms with Gasteiger partial charge in [-0.05, 0) is 13.8 Å². The number of hydrogen-bond donors (Lipinski definition) is 0. The lowest BCUT2D eigenvalue weighted by atomic mass is 10.1. The van der Waals surface area contributed by atoms with E-state index in [2.05, 4.69) is 50.4 Å². The van der Waals surface area contributed by atoms with Crippen LogP contribution in [-0.4, -0.2) is 31.3 Å². The van der Waals surface area contributed by atoms with Crippen molar-refractivity contribution in [3.8, 4) is 0 Å². The number of aromatic nitrogens is 5. The van der Waals surface area contributed by atoms with Gasteiger partial charge in [-0.1, -0.05) is 25.4 Å². The molecule has 2 aromatic rings. The van der Waals surface area contributed by atoms with Crippen molar-refractivity contribution in [3.63, 3.8) is 0 Å². The number of halogens is 1. The van der Waals surface area contributed by atoms with Gasteiger partial charge in [0, 0.05) is 25.1 Å². The van der Waals surface area contributed by atoms with Crippen LogP contribution in [0.25, 0.3) is 0 Å². The number of hydrogen-bond acceptors (Lipinski definition) is 5. The molecule has 1 aliphatic heterocycles. The van der Waals surface area contributed by atoms with Crippen molar-refractivity contribution in [2.45, 2.75) is 46.2 Å². The van der Waals surface area contributed by atoms with Crippen molar-refractivity contribution < 1.29 is 0 Å². The lowest BCUT2D eigenvalue weighted by Gasteiger charge is -2.35. The first kappa shape index (κ1) is 14.3. The molecular formula is C14H19ClN6. The first-order valence-electron chi connectivity index (χ1n) is 7.18. The first-order valence-corrected chi connectivity index (χ1v) is 7.56. The molecule has 0 spiro atoms. The van der Waals surface area contributed by atoms with Gasteiger partial charge in [-0.25, -0.2) is 9.97 Å². The van der Waals surface area contributed by atoms with Crippen LogP contribution in [0.3, 0.4) is 0 Å². The summed E-state index contributed by atoms with van der Waals surface area (Å²) in [5, 5.41) is 9.18.